The monoisotopic (exact) mass is 367 g/mol. The van der Waals surface area contributed by atoms with E-state index in [1.54, 1.807) is 0 Å². The van der Waals surface area contributed by atoms with Crippen molar-refractivity contribution in [3.63, 3.8) is 0 Å². The molecule has 2 aromatic rings. The molecule has 1 atom stereocenters. The summed E-state index contributed by atoms with van der Waals surface area (Å²) >= 11 is 0. The Balaban J connectivity index is 1.76. The van der Waals surface area contributed by atoms with Crippen molar-refractivity contribution in [3.05, 3.63) is 59.4 Å². The van der Waals surface area contributed by atoms with E-state index in [4.69, 9.17) is 0 Å². The van der Waals surface area contributed by atoms with E-state index in [1.807, 2.05) is 36.2 Å². The summed E-state index contributed by atoms with van der Waals surface area (Å²) in [5.74, 6) is 0.106. The third-order valence-electron chi connectivity index (χ3n) is 5.83. The highest BCUT2D eigenvalue weighted by atomic mass is 16.2. The molecule has 27 heavy (non-hydrogen) atoms. The van der Waals surface area contributed by atoms with Crippen LogP contribution in [0, 0.1) is 0 Å². The third-order valence-corrected chi connectivity index (χ3v) is 5.83. The van der Waals surface area contributed by atoms with Crippen LogP contribution in [0.25, 0.3) is 0 Å². The summed E-state index contributed by atoms with van der Waals surface area (Å²) in [6.07, 6.45) is 3.88. The first-order valence-electron chi connectivity index (χ1n) is 10.2. The molecule has 1 aliphatic rings. The van der Waals surface area contributed by atoms with Crippen LogP contribution in [-0.4, -0.2) is 38.9 Å². The Morgan fingerprint density at radius 2 is 1.89 bits per heavy atom. The summed E-state index contributed by atoms with van der Waals surface area (Å²) in [5, 5.41) is 0. The largest absolute Gasteiger partial charge is 0.342 e. The van der Waals surface area contributed by atoms with Crippen molar-refractivity contribution in [2.45, 2.75) is 65.2 Å². The van der Waals surface area contributed by atoms with Gasteiger partial charge in [-0.05, 0) is 57.9 Å². The molecule has 4 nitrogen and oxygen atoms in total. The van der Waals surface area contributed by atoms with Gasteiger partial charge in [-0.25, -0.2) is 0 Å². The normalized spacial score (nSPS) is 18.0. The molecule has 0 saturated carbocycles. The minimum absolute atomic E-state index is 0.106. The molecule has 1 amide bonds. The molecular weight excluding hydrogens is 334 g/mol. The number of carbonyl (C=O) groups excluding carboxylic acids is 1. The number of rotatable bonds is 6. The molecule has 3 rings (SSSR count). The van der Waals surface area contributed by atoms with Crippen LogP contribution in [0.5, 0.6) is 0 Å². The Kier molecular flexibility index (Phi) is 6.38. The summed E-state index contributed by atoms with van der Waals surface area (Å²) in [7, 11) is 2.03. The van der Waals surface area contributed by atoms with E-state index in [0.717, 1.165) is 24.3 Å². The first kappa shape index (κ1) is 19.7. The Hall–Kier alpha value is -2.07. The number of hydrogen-bond acceptors (Lipinski definition) is 2. The van der Waals surface area contributed by atoms with Gasteiger partial charge in [0.05, 0.1) is 0 Å². The van der Waals surface area contributed by atoms with Crippen LogP contribution in [0.1, 0.15) is 61.8 Å². The van der Waals surface area contributed by atoms with Gasteiger partial charge in [-0.2, -0.15) is 0 Å². The van der Waals surface area contributed by atoms with Gasteiger partial charge < -0.3 is 9.47 Å². The van der Waals surface area contributed by atoms with Gasteiger partial charge in [-0.1, -0.05) is 36.8 Å². The van der Waals surface area contributed by atoms with Crippen LogP contribution in [0.3, 0.4) is 0 Å². The van der Waals surface area contributed by atoms with Crippen LogP contribution >= 0.6 is 0 Å². The lowest BCUT2D eigenvalue weighted by atomic mass is 10.0. The summed E-state index contributed by atoms with van der Waals surface area (Å²) in [5.41, 5.74) is 3.16. The maximum Gasteiger partial charge on any atom is 0.271 e. The fourth-order valence-corrected chi connectivity index (χ4v) is 3.94. The van der Waals surface area contributed by atoms with Gasteiger partial charge in [0.25, 0.3) is 5.91 Å². The van der Waals surface area contributed by atoms with Gasteiger partial charge in [-0.15, -0.1) is 0 Å². The molecular formula is C23H33N3O. The topological polar surface area (TPSA) is 28.5 Å². The SMILES string of the molecule is CC1CCCCN1Cc1ccc(C(=O)N(Cc2ccccc2)C(C)C)n1C. The zero-order valence-electron chi connectivity index (χ0n) is 17.2. The van der Waals surface area contributed by atoms with Gasteiger partial charge in [0, 0.05) is 37.9 Å². The molecule has 1 saturated heterocycles. The van der Waals surface area contributed by atoms with Gasteiger partial charge in [0.15, 0.2) is 0 Å². The number of benzene rings is 1. The van der Waals surface area contributed by atoms with E-state index < -0.39 is 0 Å². The highest BCUT2D eigenvalue weighted by Crippen LogP contribution is 2.21. The molecule has 1 unspecified atom stereocenters. The second kappa shape index (κ2) is 8.75. The predicted octanol–water partition coefficient (Wildman–Crippen LogP) is 4.45. The van der Waals surface area contributed by atoms with Gasteiger partial charge in [0.2, 0.25) is 0 Å². The highest BCUT2D eigenvalue weighted by molar-refractivity contribution is 5.93. The maximum absolute atomic E-state index is 13.3. The quantitative estimate of drug-likeness (QED) is 0.755. The molecule has 1 aromatic heterocycles. The summed E-state index contributed by atoms with van der Waals surface area (Å²) in [6.45, 7) is 9.20. The molecule has 4 heteroatoms. The van der Waals surface area contributed by atoms with Crippen LogP contribution < -0.4 is 0 Å². The van der Waals surface area contributed by atoms with Crippen LogP contribution in [0.4, 0.5) is 0 Å². The van der Waals surface area contributed by atoms with Crippen molar-refractivity contribution in [1.29, 1.82) is 0 Å². The highest BCUT2D eigenvalue weighted by Gasteiger charge is 2.24. The van der Waals surface area contributed by atoms with Crippen molar-refractivity contribution < 1.29 is 4.79 Å². The maximum atomic E-state index is 13.3. The van der Waals surface area contributed by atoms with E-state index in [9.17, 15) is 4.79 Å². The molecule has 0 spiro atoms. The lowest BCUT2D eigenvalue weighted by Crippen LogP contribution is -2.38. The zero-order valence-corrected chi connectivity index (χ0v) is 17.2. The Morgan fingerprint density at radius 3 is 2.56 bits per heavy atom. The molecule has 0 N–H and O–H groups in total. The van der Waals surface area contributed by atoms with Crippen molar-refractivity contribution in [3.8, 4) is 0 Å². The van der Waals surface area contributed by atoms with Crippen molar-refractivity contribution in [2.24, 2.45) is 7.05 Å². The van der Waals surface area contributed by atoms with Crippen LogP contribution in [0.2, 0.25) is 0 Å². The summed E-state index contributed by atoms with van der Waals surface area (Å²) in [4.78, 5) is 17.8. The third kappa shape index (κ3) is 4.62. The second-order valence-corrected chi connectivity index (χ2v) is 8.10. The minimum atomic E-state index is 0.106. The lowest BCUT2D eigenvalue weighted by molar-refractivity contribution is 0.0679. The first-order valence-corrected chi connectivity index (χ1v) is 10.2. The standard InChI is InChI=1S/C23H33N3O/c1-18(2)26(16-20-11-6-5-7-12-20)23(27)22-14-13-21(24(22)4)17-25-15-9-8-10-19(25)3/h5-7,11-14,18-19H,8-10,15-17H2,1-4H3. The van der Waals surface area contributed by atoms with Crippen molar-refractivity contribution in [1.82, 2.24) is 14.4 Å². The molecule has 1 aromatic carbocycles. The van der Waals surface area contributed by atoms with Crippen LogP contribution in [0.15, 0.2) is 42.5 Å². The van der Waals surface area contributed by atoms with E-state index in [2.05, 4.69) is 48.4 Å². The number of piperidine rings is 1. The smallest absolute Gasteiger partial charge is 0.271 e. The summed E-state index contributed by atoms with van der Waals surface area (Å²) in [6, 6.07) is 15.1. The van der Waals surface area contributed by atoms with Gasteiger partial charge >= 0.3 is 0 Å². The van der Waals surface area contributed by atoms with E-state index >= 15 is 0 Å². The van der Waals surface area contributed by atoms with Gasteiger partial charge in [0.1, 0.15) is 5.69 Å². The fraction of sp³-hybridized carbons (Fsp3) is 0.522. The number of nitrogens with zero attached hydrogens (tertiary/aromatic N) is 3. The molecule has 1 aliphatic heterocycles. The minimum Gasteiger partial charge on any atom is -0.342 e. The molecule has 0 aliphatic carbocycles. The number of hydrogen-bond donors (Lipinski definition) is 0. The number of aromatic nitrogens is 1. The van der Waals surface area contributed by atoms with Gasteiger partial charge in [-0.3, -0.25) is 9.69 Å². The molecule has 0 radical (unpaired) electrons. The van der Waals surface area contributed by atoms with Crippen molar-refractivity contribution >= 4 is 5.91 Å². The molecule has 1 fully saturated rings. The van der Waals surface area contributed by atoms with Crippen LogP contribution in [-0.2, 0) is 20.1 Å². The number of amides is 1. The fourth-order valence-electron chi connectivity index (χ4n) is 3.94. The predicted molar refractivity (Wildman–Crippen MR) is 111 cm³/mol. The Morgan fingerprint density at radius 1 is 1.15 bits per heavy atom. The van der Waals surface area contributed by atoms with E-state index in [-0.39, 0.29) is 11.9 Å². The first-order chi connectivity index (χ1) is 13.0. The van der Waals surface area contributed by atoms with E-state index in [0.29, 0.717) is 12.6 Å². The zero-order chi connectivity index (χ0) is 19.4. The Labute approximate surface area is 163 Å². The number of carbonyl (C=O) groups is 1. The average molecular weight is 368 g/mol. The molecule has 0 bridgehead atoms. The summed E-state index contributed by atoms with van der Waals surface area (Å²) < 4.78 is 2.09. The van der Waals surface area contributed by atoms with E-state index in [1.165, 1.54) is 25.0 Å². The molecule has 2 heterocycles. The second-order valence-electron chi connectivity index (χ2n) is 8.10. The molecule has 146 valence electrons. The number of likely N-dealkylation sites (tertiary alicyclic amines) is 1. The Bertz CT molecular complexity index is 750. The van der Waals surface area contributed by atoms with Crippen molar-refractivity contribution in [2.75, 3.05) is 6.54 Å². The average Bonchev–Trinajstić information content (AvgIpc) is 3.02. The lowest BCUT2D eigenvalue weighted by Gasteiger charge is -2.33.